The zero-order valence-corrected chi connectivity index (χ0v) is 18.1. The number of hydrogen-bond acceptors (Lipinski definition) is 1. The van der Waals surface area contributed by atoms with Crippen LogP contribution in [0, 0.1) is 18.3 Å². The summed E-state index contributed by atoms with van der Waals surface area (Å²) in [5, 5.41) is 11.2. The molecule has 112 valence electrons. The van der Waals surface area contributed by atoms with Crippen molar-refractivity contribution in [3.63, 3.8) is 0 Å². The average Bonchev–Trinajstić information content (AvgIpc) is 2.89. The fourth-order valence-electron chi connectivity index (χ4n) is 2.73. The maximum atomic E-state index is 14.1. The van der Waals surface area contributed by atoms with Crippen molar-refractivity contribution in [1.29, 1.82) is 5.26 Å². The number of aryl methyl sites for hydroxylation is 1. The summed E-state index contributed by atoms with van der Waals surface area (Å²) in [5.74, 6) is -0.439. The van der Waals surface area contributed by atoms with Crippen molar-refractivity contribution in [2.24, 2.45) is 0 Å². The first-order valence-corrected chi connectivity index (χ1v) is 9.82. The molecule has 0 N–H and O–H groups in total. The Morgan fingerprint density at radius 2 is 1.83 bits per heavy atom. The van der Waals surface area contributed by atoms with E-state index in [0.717, 1.165) is 53.8 Å². The second-order valence-electron chi connectivity index (χ2n) is 5.09. The van der Waals surface area contributed by atoms with Gasteiger partial charge in [0.25, 0.3) is 0 Å². The van der Waals surface area contributed by atoms with E-state index in [1.54, 1.807) is 0 Å². The summed E-state index contributed by atoms with van der Waals surface area (Å²) < 4.78 is 17.2. The molecule has 0 saturated heterocycles. The van der Waals surface area contributed by atoms with Crippen LogP contribution in [-0.2, 0) is 38.7 Å². The van der Waals surface area contributed by atoms with Crippen LogP contribution in [0.3, 0.4) is 0 Å². The Bertz CT molecular complexity index is 1040. The number of allylic oxidation sites excluding steroid dienone is 2. The van der Waals surface area contributed by atoms with Crippen LogP contribution in [0.25, 0.3) is 21.8 Å². The van der Waals surface area contributed by atoms with Crippen molar-refractivity contribution in [3.8, 4) is 6.07 Å². The van der Waals surface area contributed by atoms with E-state index >= 15 is 0 Å². The molecule has 0 aliphatic carbocycles. The SMILES string of the molecule is Cc1cccc2c1c1ccccc1n2[C](=[W])/C=C(/F)[C](=[W])C#N. The number of nitriles is 1. The number of fused-ring (bicyclic) bond motifs is 3. The Morgan fingerprint density at radius 1 is 1.13 bits per heavy atom. The molecule has 0 spiro atoms. The average molecular weight is 642 g/mol. The van der Waals surface area contributed by atoms with Crippen LogP contribution < -0.4 is 0 Å². The number of benzene rings is 2. The van der Waals surface area contributed by atoms with Crippen molar-refractivity contribution in [2.75, 3.05) is 0 Å². The van der Waals surface area contributed by atoms with Gasteiger partial charge in [0.05, 0.1) is 0 Å². The van der Waals surface area contributed by atoms with Gasteiger partial charge in [-0.3, -0.25) is 0 Å². The van der Waals surface area contributed by atoms with Gasteiger partial charge in [-0.05, 0) is 0 Å². The first kappa shape index (κ1) is 16.4. The van der Waals surface area contributed by atoms with E-state index < -0.39 is 5.83 Å². The molecule has 0 aliphatic rings. The number of rotatable bonds is 3. The Morgan fingerprint density at radius 3 is 2.57 bits per heavy atom. The molecule has 0 radical (unpaired) electrons. The summed E-state index contributed by atoms with van der Waals surface area (Å²) in [6.07, 6.45) is 1.48. The van der Waals surface area contributed by atoms with E-state index in [0.29, 0.717) is 0 Å². The van der Waals surface area contributed by atoms with Gasteiger partial charge in [0.2, 0.25) is 0 Å². The normalized spacial score (nSPS) is 11.6. The fraction of sp³-hybridized carbons (Fsp3) is 0.0556. The van der Waals surface area contributed by atoms with Crippen LogP contribution >= 0.6 is 0 Å². The molecule has 0 fully saturated rings. The molecular weight excluding hydrogens is 631 g/mol. The second-order valence-corrected chi connectivity index (χ2v) is 8.06. The van der Waals surface area contributed by atoms with Gasteiger partial charge in [0, 0.05) is 0 Å². The molecule has 0 bridgehead atoms. The molecule has 0 atom stereocenters. The summed E-state index contributed by atoms with van der Waals surface area (Å²) in [6.45, 7) is 2.09. The predicted molar refractivity (Wildman–Crippen MR) is 84.4 cm³/mol. The van der Waals surface area contributed by atoms with Crippen molar-refractivity contribution in [2.45, 2.75) is 6.92 Å². The zero-order valence-electron chi connectivity index (χ0n) is 12.2. The van der Waals surface area contributed by atoms with Gasteiger partial charge in [-0.25, -0.2) is 0 Å². The van der Waals surface area contributed by atoms with Crippen molar-refractivity contribution in [3.05, 3.63) is 59.9 Å². The quantitative estimate of drug-likeness (QED) is 0.429. The molecule has 3 rings (SSSR count). The molecule has 1 aromatic heterocycles. The molecule has 0 saturated carbocycles. The van der Waals surface area contributed by atoms with Gasteiger partial charge in [-0.15, -0.1) is 0 Å². The third-order valence-electron chi connectivity index (χ3n) is 3.70. The molecule has 0 amide bonds. The summed E-state index contributed by atoms with van der Waals surface area (Å²) >= 11 is 2.00. The van der Waals surface area contributed by atoms with Gasteiger partial charge in [-0.1, -0.05) is 0 Å². The van der Waals surface area contributed by atoms with Gasteiger partial charge in [0.1, 0.15) is 0 Å². The molecule has 0 aliphatic heterocycles. The molecule has 1 heterocycles. The minimum atomic E-state index is -0.439. The molecule has 3 aromatic rings. The monoisotopic (exact) mass is 642 g/mol. The van der Waals surface area contributed by atoms with Gasteiger partial charge in [0.15, 0.2) is 0 Å². The molecule has 5 heteroatoms. The zero-order chi connectivity index (χ0) is 16.6. The topological polar surface area (TPSA) is 28.7 Å². The molecule has 0 unspecified atom stereocenters. The predicted octanol–water partition coefficient (Wildman–Crippen LogP) is 3.72. The second kappa shape index (κ2) is 6.56. The van der Waals surface area contributed by atoms with Crippen molar-refractivity contribution < 1.29 is 43.1 Å². The Hall–Kier alpha value is -1.48. The Kier molecular flexibility index (Phi) is 4.67. The first-order chi connectivity index (χ1) is 11.0. The summed E-state index contributed by atoms with van der Waals surface area (Å²) in [7, 11) is 0. The molecule has 2 aromatic carbocycles. The van der Waals surface area contributed by atoms with Crippen LogP contribution in [-0.4, -0.2) is 12.5 Å². The summed E-state index contributed by atoms with van der Waals surface area (Å²) in [6, 6.07) is 16.2. The van der Waals surface area contributed by atoms with Crippen LogP contribution in [0.2, 0.25) is 0 Å². The van der Waals surface area contributed by atoms with Gasteiger partial charge in [-0.2, -0.15) is 0 Å². The van der Waals surface area contributed by atoms with E-state index in [9.17, 15) is 4.39 Å². The number of halogens is 1. The van der Waals surface area contributed by atoms with E-state index in [-0.39, 0.29) is 3.90 Å². The van der Waals surface area contributed by atoms with Crippen molar-refractivity contribution in [1.82, 2.24) is 4.57 Å². The third kappa shape index (κ3) is 2.87. The summed E-state index contributed by atoms with van der Waals surface area (Å²) in [5.41, 5.74) is 3.34. The first-order valence-electron chi connectivity index (χ1n) is 6.89. The van der Waals surface area contributed by atoms with E-state index in [1.807, 2.05) is 24.3 Å². The number of para-hydroxylation sites is 1. The van der Waals surface area contributed by atoms with E-state index in [4.69, 9.17) is 5.26 Å². The Labute approximate surface area is 155 Å². The number of hydrogen-bond donors (Lipinski definition) is 0. The number of aromatic nitrogens is 1. The van der Waals surface area contributed by atoms with Gasteiger partial charge < -0.3 is 0 Å². The maximum absolute atomic E-state index is 14.1. The van der Waals surface area contributed by atoms with Crippen LogP contribution in [0.5, 0.6) is 0 Å². The summed E-state index contributed by atoms with van der Waals surface area (Å²) in [4.78, 5) is 0. The molecular formula is C18H11FN2W2. The van der Waals surface area contributed by atoms with Crippen LogP contribution in [0.4, 0.5) is 4.39 Å². The van der Waals surface area contributed by atoms with E-state index in [1.165, 1.54) is 22.4 Å². The molecule has 2 nitrogen and oxygen atoms in total. The van der Waals surface area contributed by atoms with E-state index in [2.05, 4.69) is 35.8 Å². The van der Waals surface area contributed by atoms with Gasteiger partial charge >= 0.3 is 156 Å². The Balaban J connectivity index is 2.33. The number of nitrogens with zero attached hydrogens (tertiary/aromatic N) is 2. The molecule has 23 heavy (non-hydrogen) atoms. The fourth-order valence-corrected chi connectivity index (χ4v) is 4.02. The van der Waals surface area contributed by atoms with Crippen LogP contribution in [0.1, 0.15) is 5.56 Å². The third-order valence-corrected chi connectivity index (χ3v) is 5.80. The minimum absolute atomic E-state index is 0.181. The van der Waals surface area contributed by atoms with Crippen LogP contribution in [0.15, 0.2) is 54.4 Å². The van der Waals surface area contributed by atoms with Crippen molar-refractivity contribution >= 4 is 29.7 Å². The standard InChI is InChI=1S/C18H11FN2.2W/c1-13-5-4-8-17-18(13)15-6-2-3-7-16(15)21(17)12-10-14(19)9-11-20;;/h2-8,10H,1H3;;/b14-10+;;.